The van der Waals surface area contributed by atoms with E-state index in [1.165, 1.54) is 0 Å². The van der Waals surface area contributed by atoms with Crippen molar-refractivity contribution in [3.8, 4) is 5.88 Å². The molecule has 106 valence electrons. The molecule has 0 aliphatic rings. The molecule has 2 rings (SSSR count). The lowest BCUT2D eigenvalue weighted by Gasteiger charge is -2.09. The Labute approximate surface area is 122 Å². The fourth-order valence-electron chi connectivity index (χ4n) is 1.65. The number of methoxy groups -OCH3 is 1. The molecule has 0 amide bonds. The van der Waals surface area contributed by atoms with Crippen LogP contribution in [-0.4, -0.2) is 24.1 Å². The summed E-state index contributed by atoms with van der Waals surface area (Å²) in [6.45, 7) is 0.732. The molecule has 6 heteroatoms. The van der Waals surface area contributed by atoms with Crippen molar-refractivity contribution in [2.45, 2.75) is 13.2 Å². The van der Waals surface area contributed by atoms with E-state index in [0.29, 0.717) is 35.8 Å². The molecular weight excluding hydrogens is 278 g/mol. The molecule has 0 radical (unpaired) electrons. The van der Waals surface area contributed by atoms with Crippen LogP contribution in [0.4, 0.5) is 5.82 Å². The maximum atomic E-state index is 5.93. The van der Waals surface area contributed by atoms with Crippen LogP contribution in [0, 0.1) is 0 Å². The summed E-state index contributed by atoms with van der Waals surface area (Å²) in [5.41, 5.74) is 0.982. The number of nitrogens with zero attached hydrogens (tertiary/aromatic N) is 2. The van der Waals surface area contributed by atoms with E-state index in [-0.39, 0.29) is 0 Å². The molecule has 1 heterocycles. The van der Waals surface area contributed by atoms with Gasteiger partial charge in [-0.1, -0.05) is 23.7 Å². The van der Waals surface area contributed by atoms with Gasteiger partial charge in [-0.05, 0) is 17.7 Å². The fraction of sp³-hybridized carbons (Fsp3) is 0.286. The number of hydrogen-bond donors (Lipinski definition) is 1. The quantitative estimate of drug-likeness (QED) is 0.887. The van der Waals surface area contributed by atoms with Gasteiger partial charge in [0.2, 0.25) is 5.88 Å². The van der Waals surface area contributed by atoms with Gasteiger partial charge in [-0.2, -0.15) is 4.98 Å². The summed E-state index contributed by atoms with van der Waals surface area (Å²) in [6.07, 6.45) is 0. The van der Waals surface area contributed by atoms with Gasteiger partial charge in [0.25, 0.3) is 0 Å². The highest BCUT2D eigenvalue weighted by Gasteiger charge is 2.05. The van der Waals surface area contributed by atoms with Gasteiger partial charge in [-0.3, -0.25) is 0 Å². The van der Waals surface area contributed by atoms with Crippen molar-refractivity contribution < 1.29 is 9.47 Å². The predicted octanol–water partition coefficient (Wildman–Crippen LogP) is 2.90. The lowest BCUT2D eigenvalue weighted by molar-refractivity contribution is 0.176. The zero-order valence-electron chi connectivity index (χ0n) is 11.4. The van der Waals surface area contributed by atoms with Gasteiger partial charge in [0.1, 0.15) is 19.0 Å². The van der Waals surface area contributed by atoms with Crippen molar-refractivity contribution in [2.24, 2.45) is 0 Å². The normalized spacial score (nSPS) is 10.3. The molecule has 0 saturated carbocycles. The molecule has 20 heavy (non-hydrogen) atoms. The van der Waals surface area contributed by atoms with Crippen molar-refractivity contribution in [3.63, 3.8) is 0 Å². The lowest BCUT2D eigenvalue weighted by Crippen LogP contribution is -2.05. The zero-order valence-corrected chi connectivity index (χ0v) is 12.1. The van der Waals surface area contributed by atoms with E-state index in [4.69, 9.17) is 21.1 Å². The van der Waals surface area contributed by atoms with Gasteiger partial charge in [0, 0.05) is 25.2 Å². The van der Waals surface area contributed by atoms with Crippen LogP contribution in [0.5, 0.6) is 5.88 Å². The topological polar surface area (TPSA) is 56.3 Å². The molecule has 0 spiro atoms. The van der Waals surface area contributed by atoms with Crippen LogP contribution < -0.4 is 10.1 Å². The van der Waals surface area contributed by atoms with Crippen molar-refractivity contribution in [1.29, 1.82) is 0 Å². The minimum absolute atomic E-state index is 0.336. The smallest absolute Gasteiger partial charge is 0.219 e. The van der Waals surface area contributed by atoms with Crippen LogP contribution in [0.25, 0.3) is 0 Å². The van der Waals surface area contributed by atoms with E-state index in [2.05, 4.69) is 15.3 Å². The molecule has 0 bridgehead atoms. The number of benzene rings is 1. The Balaban J connectivity index is 2.10. The van der Waals surface area contributed by atoms with Crippen molar-refractivity contribution >= 4 is 17.4 Å². The Bertz CT molecular complexity index is 578. The number of halogens is 1. The first-order valence-electron chi connectivity index (χ1n) is 6.13. The molecule has 1 aromatic carbocycles. The fourth-order valence-corrected chi connectivity index (χ4v) is 1.87. The molecule has 0 aliphatic carbocycles. The number of rotatable bonds is 6. The minimum atomic E-state index is 0.336. The van der Waals surface area contributed by atoms with Crippen LogP contribution in [0.1, 0.15) is 11.4 Å². The number of hydrogen-bond acceptors (Lipinski definition) is 5. The summed E-state index contributed by atoms with van der Waals surface area (Å²) in [6, 6.07) is 9.26. The van der Waals surface area contributed by atoms with Gasteiger partial charge in [-0.25, -0.2) is 4.98 Å². The number of ether oxygens (including phenoxy) is 2. The summed E-state index contributed by atoms with van der Waals surface area (Å²) in [5, 5.41) is 3.65. The third kappa shape index (κ3) is 4.08. The molecule has 0 fully saturated rings. The van der Waals surface area contributed by atoms with Gasteiger partial charge in [0.15, 0.2) is 5.82 Å². The maximum absolute atomic E-state index is 5.93. The minimum Gasteiger partial charge on any atom is -0.473 e. The van der Waals surface area contributed by atoms with Gasteiger partial charge < -0.3 is 14.8 Å². The van der Waals surface area contributed by atoms with E-state index in [1.807, 2.05) is 24.3 Å². The molecule has 1 N–H and O–H groups in total. The Kier molecular flexibility index (Phi) is 5.15. The highest BCUT2D eigenvalue weighted by atomic mass is 35.5. The predicted molar refractivity (Wildman–Crippen MR) is 78.1 cm³/mol. The van der Waals surface area contributed by atoms with Crippen LogP contribution in [0.2, 0.25) is 5.02 Å². The van der Waals surface area contributed by atoms with Crippen LogP contribution in [0.15, 0.2) is 30.3 Å². The van der Waals surface area contributed by atoms with E-state index in [0.717, 1.165) is 5.56 Å². The summed E-state index contributed by atoms with van der Waals surface area (Å²) in [4.78, 5) is 8.54. The third-order valence-corrected chi connectivity index (χ3v) is 2.79. The van der Waals surface area contributed by atoms with E-state index in [9.17, 15) is 0 Å². The number of anilines is 1. The van der Waals surface area contributed by atoms with Crippen LogP contribution in [0.3, 0.4) is 0 Å². The largest absolute Gasteiger partial charge is 0.473 e. The van der Waals surface area contributed by atoms with E-state index >= 15 is 0 Å². The first-order chi connectivity index (χ1) is 9.71. The van der Waals surface area contributed by atoms with Gasteiger partial charge in [-0.15, -0.1) is 0 Å². The molecule has 0 atom stereocenters. The molecule has 0 unspecified atom stereocenters. The van der Waals surface area contributed by atoms with Crippen LogP contribution in [-0.2, 0) is 18.0 Å². The molecule has 1 aromatic heterocycles. The van der Waals surface area contributed by atoms with Gasteiger partial charge >= 0.3 is 0 Å². The summed E-state index contributed by atoms with van der Waals surface area (Å²) in [7, 11) is 3.39. The standard InChI is InChI=1S/C14H16ClN3O2/c1-16-12-7-14(18-13(17-12)9-19-2)20-8-10-4-3-5-11(15)6-10/h3-7H,8-9H2,1-2H3,(H,16,17,18). The Morgan fingerprint density at radius 1 is 1.20 bits per heavy atom. The highest BCUT2D eigenvalue weighted by molar-refractivity contribution is 6.30. The van der Waals surface area contributed by atoms with E-state index in [1.54, 1.807) is 20.2 Å². The molecule has 0 saturated heterocycles. The Hall–Kier alpha value is -1.85. The third-order valence-electron chi connectivity index (χ3n) is 2.55. The Morgan fingerprint density at radius 3 is 2.75 bits per heavy atom. The Morgan fingerprint density at radius 2 is 2.05 bits per heavy atom. The van der Waals surface area contributed by atoms with Crippen LogP contribution >= 0.6 is 11.6 Å². The average molecular weight is 294 g/mol. The van der Waals surface area contributed by atoms with Crippen molar-refractivity contribution in [1.82, 2.24) is 9.97 Å². The van der Waals surface area contributed by atoms with Crippen molar-refractivity contribution in [2.75, 3.05) is 19.5 Å². The zero-order chi connectivity index (χ0) is 14.4. The second-order valence-corrected chi connectivity index (χ2v) is 4.55. The lowest BCUT2D eigenvalue weighted by atomic mass is 10.2. The summed E-state index contributed by atoms with van der Waals surface area (Å²) in [5.74, 6) is 1.75. The summed E-state index contributed by atoms with van der Waals surface area (Å²) >= 11 is 5.93. The molecule has 0 aliphatic heterocycles. The highest BCUT2D eigenvalue weighted by Crippen LogP contribution is 2.17. The summed E-state index contributed by atoms with van der Waals surface area (Å²) < 4.78 is 10.7. The monoisotopic (exact) mass is 293 g/mol. The first-order valence-corrected chi connectivity index (χ1v) is 6.51. The SMILES string of the molecule is CNc1cc(OCc2cccc(Cl)c2)nc(COC)n1. The second kappa shape index (κ2) is 7.07. The maximum Gasteiger partial charge on any atom is 0.219 e. The van der Waals surface area contributed by atoms with Gasteiger partial charge in [0.05, 0.1) is 0 Å². The molecule has 5 nitrogen and oxygen atoms in total. The second-order valence-electron chi connectivity index (χ2n) is 4.11. The molecule has 2 aromatic rings. The van der Waals surface area contributed by atoms with E-state index < -0.39 is 0 Å². The first kappa shape index (κ1) is 14.6. The number of nitrogens with one attached hydrogen (secondary N) is 1. The van der Waals surface area contributed by atoms with Crippen molar-refractivity contribution in [3.05, 3.63) is 46.7 Å². The number of aromatic nitrogens is 2. The average Bonchev–Trinajstić information content (AvgIpc) is 2.45. The molecular formula is C14H16ClN3O2.